The first-order valence-electron chi connectivity index (χ1n) is 12.2. The van der Waals surface area contributed by atoms with Crippen molar-refractivity contribution in [3.8, 4) is 0 Å². The Kier molecular flexibility index (Phi) is 6.74. The third-order valence-corrected chi connectivity index (χ3v) is 6.93. The molecular formula is C27H27F3N4O3. The molecule has 194 valence electrons. The van der Waals surface area contributed by atoms with E-state index in [9.17, 15) is 22.8 Å². The maximum Gasteiger partial charge on any atom is 0.249 e. The molecule has 1 saturated carbocycles. The molecule has 37 heavy (non-hydrogen) atoms. The molecule has 3 unspecified atom stereocenters. The summed E-state index contributed by atoms with van der Waals surface area (Å²) >= 11 is 0. The molecule has 5 rings (SSSR count). The number of carbonyl (C=O) groups is 2. The number of hydrogen-bond donors (Lipinski definition) is 1. The molecule has 2 aromatic heterocycles. The molecular weight excluding hydrogens is 485 g/mol. The Morgan fingerprint density at radius 2 is 1.89 bits per heavy atom. The summed E-state index contributed by atoms with van der Waals surface area (Å²) in [4.78, 5) is 36.0. The number of amides is 2. The van der Waals surface area contributed by atoms with Gasteiger partial charge in [-0.2, -0.15) is 0 Å². The second-order valence-corrected chi connectivity index (χ2v) is 9.77. The van der Waals surface area contributed by atoms with Gasteiger partial charge in [-0.1, -0.05) is 36.4 Å². The number of rotatable bonds is 7. The normalized spacial score (nSPS) is 21.9. The van der Waals surface area contributed by atoms with Crippen LogP contribution in [0.25, 0.3) is 0 Å². The zero-order valence-electron chi connectivity index (χ0n) is 20.2. The van der Waals surface area contributed by atoms with Gasteiger partial charge in [-0.05, 0) is 30.0 Å². The van der Waals surface area contributed by atoms with Gasteiger partial charge in [-0.25, -0.2) is 18.2 Å². The van der Waals surface area contributed by atoms with Crippen LogP contribution < -0.4 is 5.32 Å². The van der Waals surface area contributed by atoms with Crippen LogP contribution in [0.3, 0.4) is 0 Å². The average molecular weight is 513 g/mol. The van der Waals surface area contributed by atoms with Crippen LogP contribution in [0.2, 0.25) is 0 Å². The first kappa shape index (κ1) is 25.0. The SMILES string of the molecule is Cc1cnc(CC(=O)N2CC(F)CC2C(=O)NC(c2ccccc2)c2ccc(C3CC(F)(F)C3)cn2)o1. The molecule has 1 aromatic carbocycles. The summed E-state index contributed by atoms with van der Waals surface area (Å²) in [5.41, 5.74) is 1.98. The number of nitrogens with one attached hydrogen (secondary N) is 1. The highest BCUT2D eigenvalue weighted by Gasteiger charge is 2.46. The standard InChI is InChI=1S/C27H27F3N4O3/c1-16-13-32-23(37-16)10-24(35)34-15-20(28)9-22(34)26(36)33-25(17-5-3-2-4-6-17)21-8-7-18(14-31-21)19-11-27(29,30)12-19/h2-8,13-14,19-20,22,25H,9-12,15H2,1H3,(H,33,36). The Bertz CT molecular complexity index is 1260. The molecule has 0 radical (unpaired) electrons. The predicted molar refractivity (Wildman–Crippen MR) is 128 cm³/mol. The zero-order valence-corrected chi connectivity index (χ0v) is 20.2. The molecule has 2 aliphatic rings. The monoisotopic (exact) mass is 512 g/mol. The zero-order chi connectivity index (χ0) is 26.2. The fourth-order valence-electron chi connectivity index (χ4n) is 4.96. The van der Waals surface area contributed by atoms with Crippen molar-refractivity contribution in [2.24, 2.45) is 0 Å². The van der Waals surface area contributed by atoms with Gasteiger partial charge in [0, 0.05) is 25.5 Å². The van der Waals surface area contributed by atoms with E-state index < -0.39 is 36.0 Å². The lowest BCUT2D eigenvalue weighted by molar-refractivity contribution is -0.138. The summed E-state index contributed by atoms with van der Waals surface area (Å²) in [7, 11) is 0. The lowest BCUT2D eigenvalue weighted by Crippen LogP contribution is -2.47. The molecule has 0 spiro atoms. The van der Waals surface area contributed by atoms with Crippen LogP contribution >= 0.6 is 0 Å². The molecule has 3 aromatic rings. The Labute approximate surface area is 212 Å². The van der Waals surface area contributed by atoms with Crippen molar-refractivity contribution in [3.63, 3.8) is 0 Å². The van der Waals surface area contributed by atoms with Crippen LogP contribution in [0.1, 0.15) is 59.7 Å². The molecule has 3 heterocycles. The molecule has 2 fully saturated rings. The van der Waals surface area contributed by atoms with E-state index in [0.717, 1.165) is 11.1 Å². The maximum absolute atomic E-state index is 14.4. The second-order valence-electron chi connectivity index (χ2n) is 9.77. The fourth-order valence-corrected chi connectivity index (χ4v) is 4.96. The number of halogens is 3. The van der Waals surface area contributed by atoms with E-state index in [1.807, 2.05) is 30.3 Å². The maximum atomic E-state index is 14.4. The third kappa shape index (κ3) is 5.52. The minimum Gasteiger partial charge on any atom is -0.445 e. The summed E-state index contributed by atoms with van der Waals surface area (Å²) in [5, 5.41) is 2.93. The lowest BCUT2D eigenvalue weighted by Gasteiger charge is -2.35. The smallest absolute Gasteiger partial charge is 0.249 e. The molecule has 1 saturated heterocycles. The molecule has 2 amide bonds. The van der Waals surface area contributed by atoms with Crippen molar-refractivity contribution in [2.75, 3.05) is 6.54 Å². The third-order valence-electron chi connectivity index (χ3n) is 6.93. The molecule has 10 heteroatoms. The van der Waals surface area contributed by atoms with Crippen molar-refractivity contribution in [3.05, 3.63) is 83.3 Å². The van der Waals surface area contributed by atoms with Crippen LogP contribution in [-0.4, -0.2) is 51.4 Å². The number of pyridine rings is 1. The minimum absolute atomic E-state index is 0.119. The molecule has 0 bridgehead atoms. The Balaban J connectivity index is 1.34. The minimum atomic E-state index is -2.63. The largest absolute Gasteiger partial charge is 0.445 e. The van der Waals surface area contributed by atoms with E-state index >= 15 is 0 Å². The van der Waals surface area contributed by atoms with Crippen LogP contribution in [0.5, 0.6) is 0 Å². The predicted octanol–water partition coefficient (Wildman–Crippen LogP) is 4.28. The van der Waals surface area contributed by atoms with Crippen LogP contribution in [-0.2, 0) is 16.0 Å². The van der Waals surface area contributed by atoms with E-state index in [1.54, 1.807) is 25.3 Å². The number of carbonyl (C=O) groups excluding carboxylic acids is 2. The van der Waals surface area contributed by atoms with E-state index in [2.05, 4.69) is 15.3 Å². The van der Waals surface area contributed by atoms with E-state index in [0.29, 0.717) is 11.5 Å². The van der Waals surface area contributed by atoms with E-state index in [-0.39, 0.29) is 44.0 Å². The number of aromatic nitrogens is 2. The number of benzene rings is 1. The molecule has 3 atom stereocenters. The van der Waals surface area contributed by atoms with Gasteiger partial charge in [0.05, 0.1) is 24.5 Å². The highest BCUT2D eigenvalue weighted by atomic mass is 19.3. The van der Waals surface area contributed by atoms with Gasteiger partial charge in [0.25, 0.3) is 0 Å². The van der Waals surface area contributed by atoms with Crippen molar-refractivity contribution in [1.82, 2.24) is 20.2 Å². The highest BCUT2D eigenvalue weighted by Crippen LogP contribution is 2.48. The van der Waals surface area contributed by atoms with Gasteiger partial charge in [-0.15, -0.1) is 0 Å². The van der Waals surface area contributed by atoms with Crippen LogP contribution in [0.15, 0.2) is 59.3 Å². The number of aryl methyl sites for hydroxylation is 1. The van der Waals surface area contributed by atoms with Gasteiger partial charge in [0.2, 0.25) is 23.6 Å². The summed E-state index contributed by atoms with van der Waals surface area (Å²) in [6.07, 6.45) is 1.04. The number of oxazole rings is 1. The van der Waals surface area contributed by atoms with Crippen molar-refractivity contribution in [1.29, 1.82) is 0 Å². The van der Waals surface area contributed by atoms with Gasteiger partial charge in [-0.3, -0.25) is 14.6 Å². The van der Waals surface area contributed by atoms with Crippen LogP contribution in [0, 0.1) is 6.92 Å². The van der Waals surface area contributed by atoms with Gasteiger partial charge < -0.3 is 14.6 Å². The number of hydrogen-bond acceptors (Lipinski definition) is 5. The van der Waals surface area contributed by atoms with Gasteiger partial charge in [0.15, 0.2) is 0 Å². The highest BCUT2D eigenvalue weighted by molar-refractivity contribution is 5.89. The summed E-state index contributed by atoms with van der Waals surface area (Å²) in [5.74, 6) is -3.06. The second kappa shape index (κ2) is 9.99. The van der Waals surface area contributed by atoms with E-state index in [4.69, 9.17) is 4.42 Å². The molecule has 1 aliphatic heterocycles. The average Bonchev–Trinajstić information content (AvgIpc) is 3.46. The number of likely N-dealkylation sites (tertiary alicyclic amines) is 1. The number of nitrogens with zero attached hydrogens (tertiary/aromatic N) is 3. The molecule has 1 aliphatic carbocycles. The van der Waals surface area contributed by atoms with E-state index in [1.165, 1.54) is 11.1 Å². The lowest BCUT2D eigenvalue weighted by atomic mass is 9.77. The van der Waals surface area contributed by atoms with Gasteiger partial charge in [0.1, 0.15) is 24.4 Å². The summed E-state index contributed by atoms with van der Waals surface area (Å²) in [6.45, 7) is 1.52. The summed E-state index contributed by atoms with van der Waals surface area (Å²) < 4.78 is 46.4. The van der Waals surface area contributed by atoms with Crippen molar-refractivity contribution < 1.29 is 27.2 Å². The fraction of sp³-hybridized carbons (Fsp3) is 0.407. The topological polar surface area (TPSA) is 88.3 Å². The quantitative estimate of drug-likeness (QED) is 0.511. The Morgan fingerprint density at radius 1 is 1.14 bits per heavy atom. The van der Waals surface area contributed by atoms with Crippen molar-refractivity contribution >= 4 is 11.8 Å². The molecule has 1 N–H and O–H groups in total. The summed E-state index contributed by atoms with van der Waals surface area (Å²) in [6, 6.07) is 10.9. The first-order valence-corrected chi connectivity index (χ1v) is 12.2. The Morgan fingerprint density at radius 3 is 2.51 bits per heavy atom. The number of alkyl halides is 3. The molecule has 7 nitrogen and oxygen atoms in total. The van der Waals surface area contributed by atoms with Crippen LogP contribution in [0.4, 0.5) is 13.2 Å². The van der Waals surface area contributed by atoms with Gasteiger partial charge >= 0.3 is 0 Å². The Hall–Kier alpha value is -3.69. The van der Waals surface area contributed by atoms with Crippen molar-refractivity contribution in [2.45, 2.75) is 62.7 Å². The first-order chi connectivity index (χ1) is 17.7.